The number of hydrogen-bond donors (Lipinski definition) is 1. The van der Waals surface area contributed by atoms with Crippen molar-refractivity contribution in [3.63, 3.8) is 0 Å². The van der Waals surface area contributed by atoms with Gasteiger partial charge in [-0.15, -0.1) is 0 Å². The summed E-state index contributed by atoms with van der Waals surface area (Å²) < 4.78 is 5.56. The number of amides is 1. The second kappa shape index (κ2) is 5.54. The Hall–Kier alpha value is -2.02. The molecule has 0 saturated carbocycles. The van der Waals surface area contributed by atoms with Crippen molar-refractivity contribution < 1.29 is 9.53 Å². The predicted molar refractivity (Wildman–Crippen MR) is 66.9 cm³/mol. The first-order chi connectivity index (χ1) is 8.70. The molecule has 4 nitrogen and oxygen atoms in total. The van der Waals surface area contributed by atoms with Gasteiger partial charge in [-0.3, -0.25) is 4.79 Å². The number of rotatable bonds is 3. The summed E-state index contributed by atoms with van der Waals surface area (Å²) in [5.74, 6) is 0.509. The highest BCUT2D eigenvalue weighted by Gasteiger charge is 2.25. The van der Waals surface area contributed by atoms with Crippen LogP contribution in [0.25, 0.3) is 0 Å². The molecule has 0 bridgehead atoms. The van der Waals surface area contributed by atoms with Gasteiger partial charge in [0, 0.05) is 6.54 Å². The highest BCUT2D eigenvalue weighted by molar-refractivity contribution is 5.79. The molecule has 1 amide bonds. The highest BCUT2D eigenvalue weighted by Crippen LogP contribution is 2.26. The molecule has 0 fully saturated rings. The maximum atomic E-state index is 11.9. The summed E-state index contributed by atoms with van der Waals surface area (Å²) in [6.07, 6.45) is 0.697. The molecule has 4 heteroatoms. The lowest BCUT2D eigenvalue weighted by Gasteiger charge is -2.24. The van der Waals surface area contributed by atoms with Gasteiger partial charge >= 0.3 is 0 Å². The van der Waals surface area contributed by atoms with E-state index in [0.717, 1.165) is 11.3 Å². The smallest absolute Gasteiger partial charge is 0.226 e. The van der Waals surface area contributed by atoms with E-state index in [2.05, 4.69) is 11.4 Å². The van der Waals surface area contributed by atoms with E-state index in [9.17, 15) is 4.79 Å². The largest absolute Gasteiger partial charge is 0.492 e. The zero-order valence-corrected chi connectivity index (χ0v) is 10.3. The van der Waals surface area contributed by atoms with Gasteiger partial charge in [0.05, 0.1) is 17.9 Å². The van der Waals surface area contributed by atoms with Crippen LogP contribution in [0.4, 0.5) is 0 Å². The van der Waals surface area contributed by atoms with Crippen LogP contribution in [0.3, 0.4) is 0 Å². The summed E-state index contributed by atoms with van der Waals surface area (Å²) in [5.41, 5.74) is 1.07. The van der Waals surface area contributed by atoms with Crippen LogP contribution in [-0.2, 0) is 11.2 Å². The summed E-state index contributed by atoms with van der Waals surface area (Å²) in [4.78, 5) is 11.9. The zero-order valence-electron chi connectivity index (χ0n) is 10.3. The molecule has 0 spiro atoms. The van der Waals surface area contributed by atoms with Crippen molar-refractivity contribution in [1.82, 2.24) is 5.32 Å². The van der Waals surface area contributed by atoms with Crippen molar-refractivity contribution in [1.29, 1.82) is 5.26 Å². The number of benzene rings is 1. The Balaban J connectivity index is 1.93. The molecular formula is C14H16N2O2. The lowest BCUT2D eigenvalue weighted by atomic mass is 9.96. The van der Waals surface area contributed by atoms with Crippen LogP contribution in [0.5, 0.6) is 5.75 Å². The fourth-order valence-corrected chi connectivity index (χ4v) is 1.94. The van der Waals surface area contributed by atoms with Gasteiger partial charge in [-0.05, 0) is 25.0 Å². The molecule has 1 aliphatic rings. The topological polar surface area (TPSA) is 62.1 Å². The van der Waals surface area contributed by atoms with Gasteiger partial charge in [0.25, 0.3) is 0 Å². The van der Waals surface area contributed by atoms with Crippen LogP contribution < -0.4 is 10.1 Å². The van der Waals surface area contributed by atoms with Gasteiger partial charge in [0.15, 0.2) is 0 Å². The van der Waals surface area contributed by atoms with Gasteiger partial charge in [-0.2, -0.15) is 5.26 Å². The Labute approximate surface area is 107 Å². The molecule has 18 heavy (non-hydrogen) atoms. The quantitative estimate of drug-likeness (QED) is 0.876. The number of ether oxygens (including phenoxy) is 1. The van der Waals surface area contributed by atoms with Gasteiger partial charge < -0.3 is 10.1 Å². The standard InChI is InChI=1S/C14H16N2O2/c1-10(7-15)8-16-14(17)12-6-11-4-2-3-5-13(11)18-9-12/h2-5,10,12H,6,8-9H2,1H3,(H,16,17). The van der Waals surface area contributed by atoms with Gasteiger partial charge in [-0.1, -0.05) is 18.2 Å². The van der Waals surface area contributed by atoms with Crippen molar-refractivity contribution in [3.05, 3.63) is 29.8 Å². The van der Waals surface area contributed by atoms with Crippen molar-refractivity contribution in [2.24, 2.45) is 11.8 Å². The minimum atomic E-state index is -0.161. The molecular weight excluding hydrogens is 228 g/mol. The molecule has 2 rings (SSSR count). The number of hydrogen-bond acceptors (Lipinski definition) is 3. The zero-order chi connectivity index (χ0) is 13.0. The van der Waals surface area contributed by atoms with E-state index in [1.807, 2.05) is 24.3 Å². The molecule has 1 N–H and O–H groups in total. The Bertz CT molecular complexity index is 479. The number of nitriles is 1. The maximum absolute atomic E-state index is 11.9. The number of nitrogens with zero attached hydrogens (tertiary/aromatic N) is 1. The molecule has 0 aromatic heterocycles. The number of carbonyl (C=O) groups is 1. The number of fused-ring (bicyclic) bond motifs is 1. The second-order valence-electron chi connectivity index (χ2n) is 4.60. The van der Waals surface area contributed by atoms with E-state index in [0.29, 0.717) is 19.6 Å². The van der Waals surface area contributed by atoms with Crippen LogP contribution in [0.1, 0.15) is 12.5 Å². The minimum Gasteiger partial charge on any atom is -0.492 e. The number of para-hydroxylation sites is 1. The average molecular weight is 244 g/mol. The molecule has 0 radical (unpaired) electrons. The Kier molecular flexibility index (Phi) is 3.83. The van der Waals surface area contributed by atoms with Crippen molar-refractivity contribution in [2.45, 2.75) is 13.3 Å². The van der Waals surface area contributed by atoms with Crippen LogP contribution in [0.15, 0.2) is 24.3 Å². The summed E-state index contributed by atoms with van der Waals surface area (Å²) >= 11 is 0. The van der Waals surface area contributed by atoms with E-state index in [4.69, 9.17) is 10.00 Å². The summed E-state index contributed by atoms with van der Waals surface area (Å²) in [6.45, 7) is 2.59. The summed E-state index contributed by atoms with van der Waals surface area (Å²) in [7, 11) is 0. The molecule has 2 unspecified atom stereocenters. The lowest BCUT2D eigenvalue weighted by molar-refractivity contribution is -0.126. The minimum absolute atomic E-state index is 0.0356. The summed E-state index contributed by atoms with van der Waals surface area (Å²) in [5, 5.41) is 11.5. The molecule has 0 aliphatic carbocycles. The fourth-order valence-electron chi connectivity index (χ4n) is 1.94. The molecule has 94 valence electrons. The lowest BCUT2D eigenvalue weighted by Crippen LogP contribution is -2.38. The van der Waals surface area contributed by atoms with Crippen LogP contribution in [-0.4, -0.2) is 19.1 Å². The molecule has 0 saturated heterocycles. The van der Waals surface area contributed by atoms with E-state index in [-0.39, 0.29) is 17.7 Å². The second-order valence-corrected chi connectivity index (χ2v) is 4.60. The molecule has 1 heterocycles. The SMILES string of the molecule is CC(C#N)CNC(=O)C1COc2ccccc2C1. The molecule has 1 aliphatic heterocycles. The monoisotopic (exact) mass is 244 g/mol. The molecule has 1 aromatic rings. The predicted octanol–water partition coefficient (Wildman–Crippen LogP) is 1.51. The molecule has 1 aromatic carbocycles. The third-order valence-corrected chi connectivity index (χ3v) is 3.05. The van der Waals surface area contributed by atoms with Crippen LogP contribution >= 0.6 is 0 Å². The average Bonchev–Trinajstić information content (AvgIpc) is 2.43. The van der Waals surface area contributed by atoms with E-state index in [1.165, 1.54) is 0 Å². The Morgan fingerprint density at radius 2 is 2.39 bits per heavy atom. The van der Waals surface area contributed by atoms with Crippen molar-refractivity contribution >= 4 is 5.91 Å². The van der Waals surface area contributed by atoms with Crippen molar-refractivity contribution in [2.75, 3.05) is 13.2 Å². The van der Waals surface area contributed by atoms with Gasteiger partial charge in [0.2, 0.25) is 5.91 Å². The number of carbonyl (C=O) groups excluding carboxylic acids is 1. The number of nitrogens with one attached hydrogen (secondary N) is 1. The Morgan fingerprint density at radius 1 is 1.61 bits per heavy atom. The van der Waals surface area contributed by atoms with Gasteiger partial charge in [-0.25, -0.2) is 0 Å². The first-order valence-corrected chi connectivity index (χ1v) is 6.08. The van der Waals surface area contributed by atoms with Gasteiger partial charge in [0.1, 0.15) is 12.4 Å². The van der Waals surface area contributed by atoms with E-state index in [1.54, 1.807) is 6.92 Å². The summed E-state index contributed by atoms with van der Waals surface area (Å²) in [6, 6.07) is 9.86. The maximum Gasteiger partial charge on any atom is 0.226 e. The normalized spacial score (nSPS) is 19.0. The highest BCUT2D eigenvalue weighted by atomic mass is 16.5. The Morgan fingerprint density at radius 3 is 3.17 bits per heavy atom. The van der Waals surface area contributed by atoms with Crippen LogP contribution in [0, 0.1) is 23.2 Å². The third-order valence-electron chi connectivity index (χ3n) is 3.05. The van der Waals surface area contributed by atoms with E-state index < -0.39 is 0 Å². The van der Waals surface area contributed by atoms with Crippen LogP contribution in [0.2, 0.25) is 0 Å². The third kappa shape index (κ3) is 2.80. The fraction of sp³-hybridized carbons (Fsp3) is 0.429. The van der Waals surface area contributed by atoms with E-state index >= 15 is 0 Å². The first kappa shape index (κ1) is 12.4. The van der Waals surface area contributed by atoms with Crippen molar-refractivity contribution in [3.8, 4) is 11.8 Å². The first-order valence-electron chi connectivity index (χ1n) is 6.08. The molecule has 2 atom stereocenters.